The molecule has 0 aliphatic carbocycles. The van der Waals surface area contributed by atoms with Crippen LogP contribution in [0.15, 0.2) is 0 Å². The van der Waals surface area contributed by atoms with Crippen molar-refractivity contribution in [3.05, 3.63) is 0 Å². The van der Waals surface area contributed by atoms with Gasteiger partial charge in [-0.1, -0.05) is 0 Å². The van der Waals surface area contributed by atoms with Gasteiger partial charge >= 0.3 is 45.2 Å². The van der Waals surface area contributed by atoms with Gasteiger partial charge in [0.1, 0.15) is 13.2 Å². The number of rotatable bonds is 6. The third-order valence-corrected chi connectivity index (χ3v) is 3.41. The van der Waals surface area contributed by atoms with E-state index in [1.54, 1.807) is 0 Å². The van der Waals surface area contributed by atoms with E-state index >= 15 is 0 Å². The van der Waals surface area contributed by atoms with Crippen molar-refractivity contribution < 1.29 is 37.1 Å². The molecule has 1 atom stereocenters. The maximum atomic E-state index is 10.9. The van der Waals surface area contributed by atoms with Crippen LogP contribution in [0.1, 0.15) is 0 Å². The fourth-order valence-electron chi connectivity index (χ4n) is 0.588. The molecule has 0 amide bonds. The first kappa shape index (κ1) is 19.6. The van der Waals surface area contributed by atoms with Crippen LogP contribution in [0.25, 0.3) is 0 Å². The van der Waals surface area contributed by atoms with Gasteiger partial charge in [-0.3, -0.25) is 4.52 Å². The van der Waals surface area contributed by atoms with Crippen LogP contribution in [0, 0.1) is 0 Å². The average Bonchev–Trinajstić information content (AvgIpc) is 1.75. The topological polar surface area (TPSA) is 113 Å². The molecule has 0 aromatic rings. The number of hydrogen-bond acceptors (Lipinski definition) is 4. The first-order valence-electron chi connectivity index (χ1n) is 3.96. The van der Waals surface area contributed by atoms with E-state index in [0.29, 0.717) is 11.0 Å². The Hall–Kier alpha value is 1.22. The molecule has 8 nitrogen and oxygen atoms in total. The van der Waals surface area contributed by atoms with E-state index in [0.717, 1.165) is 0 Å². The van der Waals surface area contributed by atoms with Gasteiger partial charge in [0.15, 0.2) is 0 Å². The molecule has 0 spiro atoms. The SMILES string of the molecule is C[N+](C)(C)CCOP(=O)(O)OP(=O)(O)O.[NaH]. The predicted molar refractivity (Wildman–Crippen MR) is 59.0 cm³/mol. The van der Waals surface area contributed by atoms with Crippen molar-refractivity contribution in [1.82, 2.24) is 0 Å². The van der Waals surface area contributed by atoms with Gasteiger partial charge in [-0.05, 0) is 0 Å². The van der Waals surface area contributed by atoms with Crippen LogP contribution in [0.4, 0.5) is 0 Å². The number of quaternary nitrogens is 1. The van der Waals surface area contributed by atoms with Crippen LogP contribution in [-0.4, -0.2) is 83.0 Å². The van der Waals surface area contributed by atoms with E-state index < -0.39 is 15.6 Å². The second-order valence-corrected chi connectivity index (χ2v) is 6.72. The van der Waals surface area contributed by atoms with Crippen LogP contribution in [-0.2, 0) is 18.0 Å². The van der Waals surface area contributed by atoms with Gasteiger partial charge in [0.2, 0.25) is 0 Å². The summed E-state index contributed by atoms with van der Waals surface area (Å²) in [6.45, 7) is 0.256. The second kappa shape index (κ2) is 6.97. The van der Waals surface area contributed by atoms with Gasteiger partial charge < -0.3 is 19.2 Å². The molecule has 0 heterocycles. The Kier molecular flexibility index (Phi) is 8.52. The predicted octanol–water partition coefficient (Wildman–Crippen LogP) is -0.730. The molecule has 0 fully saturated rings. The van der Waals surface area contributed by atoms with Gasteiger partial charge in [0.05, 0.1) is 21.1 Å². The summed E-state index contributed by atoms with van der Waals surface area (Å²) >= 11 is 0. The molecule has 0 aromatic carbocycles. The fourth-order valence-corrected chi connectivity index (χ4v) is 2.16. The quantitative estimate of drug-likeness (QED) is 0.335. The van der Waals surface area contributed by atoms with Crippen molar-refractivity contribution in [3.63, 3.8) is 0 Å². The van der Waals surface area contributed by atoms with Crippen molar-refractivity contribution in [2.75, 3.05) is 34.3 Å². The molecular weight excluding hydrogens is 271 g/mol. The van der Waals surface area contributed by atoms with E-state index in [1.165, 1.54) is 0 Å². The van der Waals surface area contributed by atoms with Crippen molar-refractivity contribution in [1.29, 1.82) is 0 Å². The average molecular weight is 288 g/mol. The number of hydrogen-bond donors (Lipinski definition) is 3. The van der Waals surface area contributed by atoms with E-state index in [1.807, 2.05) is 21.1 Å². The molecule has 0 bridgehead atoms. The summed E-state index contributed by atoms with van der Waals surface area (Å²) in [5, 5.41) is 0. The summed E-state index contributed by atoms with van der Waals surface area (Å²) in [5.41, 5.74) is 0. The summed E-state index contributed by atoms with van der Waals surface area (Å²) < 4.78 is 29.6. The maximum absolute atomic E-state index is 10.9. The third kappa shape index (κ3) is 13.3. The summed E-state index contributed by atoms with van der Waals surface area (Å²) in [6, 6.07) is 0. The first-order valence-corrected chi connectivity index (χ1v) is 6.99. The zero-order valence-electron chi connectivity index (χ0n) is 8.73. The normalized spacial score (nSPS) is 16.4. The monoisotopic (exact) mass is 288 g/mol. The Labute approximate surface area is 116 Å². The van der Waals surface area contributed by atoms with E-state index in [4.69, 9.17) is 14.7 Å². The van der Waals surface area contributed by atoms with Gasteiger partial charge in [-0.2, -0.15) is 4.31 Å². The Morgan fingerprint density at radius 3 is 1.88 bits per heavy atom. The van der Waals surface area contributed by atoms with Gasteiger partial charge in [0.25, 0.3) is 0 Å². The molecule has 0 aromatic heterocycles. The molecule has 0 radical (unpaired) electrons. The molecule has 16 heavy (non-hydrogen) atoms. The molecule has 0 rings (SSSR count). The van der Waals surface area contributed by atoms with E-state index in [-0.39, 0.29) is 36.2 Å². The molecule has 0 saturated heterocycles. The number of likely N-dealkylation sites (N-methyl/N-ethyl adjacent to an activating group) is 1. The molecule has 0 saturated carbocycles. The van der Waals surface area contributed by atoms with Crippen LogP contribution in [0.3, 0.4) is 0 Å². The molecule has 11 heteroatoms. The molecule has 1 unspecified atom stereocenters. The van der Waals surface area contributed by atoms with Gasteiger partial charge in [0, 0.05) is 0 Å². The summed E-state index contributed by atoms with van der Waals surface area (Å²) in [7, 11) is -4.20. The fraction of sp³-hybridized carbons (Fsp3) is 1.00. The zero-order chi connectivity index (χ0) is 12.3. The van der Waals surface area contributed by atoms with Crippen molar-refractivity contribution in [3.8, 4) is 0 Å². The molecule has 0 aliphatic rings. The Morgan fingerprint density at radius 1 is 1.12 bits per heavy atom. The second-order valence-electron chi connectivity index (χ2n) is 3.89. The van der Waals surface area contributed by atoms with Crippen molar-refractivity contribution in [2.45, 2.75) is 0 Å². The molecule has 94 valence electrons. The number of phosphoric ester groups is 1. The number of phosphoric acid groups is 2. The van der Waals surface area contributed by atoms with Gasteiger partial charge in [-0.25, -0.2) is 9.13 Å². The van der Waals surface area contributed by atoms with Crippen molar-refractivity contribution in [2.24, 2.45) is 0 Å². The van der Waals surface area contributed by atoms with E-state index in [2.05, 4.69) is 8.83 Å². The first-order chi connectivity index (χ1) is 6.41. The Morgan fingerprint density at radius 2 is 1.56 bits per heavy atom. The standard InChI is InChI=1S/C5H15NO7P2.Na.H/c1-6(2,3)4-5-12-15(10,11)13-14(7,8)9;;/h4-5H2,1-3H3,(H2-,7,8,9,10,11);;/p+1. The summed E-state index contributed by atoms with van der Waals surface area (Å²) in [6.07, 6.45) is 0. The van der Waals surface area contributed by atoms with Crippen LogP contribution < -0.4 is 0 Å². The minimum absolute atomic E-state index is 0. The number of nitrogens with zero attached hydrogens (tertiary/aromatic N) is 1. The Balaban J connectivity index is 0. The van der Waals surface area contributed by atoms with Gasteiger partial charge in [-0.15, -0.1) is 0 Å². The third-order valence-electron chi connectivity index (χ3n) is 1.23. The van der Waals surface area contributed by atoms with Crippen LogP contribution >= 0.6 is 15.6 Å². The Bertz CT molecular complexity index is 298. The summed E-state index contributed by atoms with van der Waals surface area (Å²) in [5.74, 6) is 0. The van der Waals surface area contributed by atoms with Crippen molar-refractivity contribution >= 4 is 45.2 Å². The van der Waals surface area contributed by atoms with Crippen LogP contribution in [0.2, 0.25) is 0 Å². The van der Waals surface area contributed by atoms with Crippen LogP contribution in [0.5, 0.6) is 0 Å². The molecular formula is C5H17NNaO7P2+. The van der Waals surface area contributed by atoms with E-state index in [9.17, 15) is 9.13 Å². The molecule has 3 N–H and O–H groups in total. The molecule has 0 aliphatic heterocycles. The summed E-state index contributed by atoms with van der Waals surface area (Å²) in [4.78, 5) is 25.4. The zero-order valence-corrected chi connectivity index (χ0v) is 10.5. The minimum atomic E-state index is -5.01.